The van der Waals surface area contributed by atoms with Crippen LogP contribution >= 0.6 is 39.1 Å². The molecule has 0 bridgehead atoms. The molecule has 3 nitrogen and oxygen atoms in total. The summed E-state index contributed by atoms with van der Waals surface area (Å²) in [5, 5.41) is 0.900. The van der Waals surface area contributed by atoms with E-state index in [-0.39, 0.29) is 0 Å². The SMILES string of the molecule is CCCCOc1ccc(C(=O)Oc2cc(Cl)c(C)c(Cl)c2)cc1Br. The van der Waals surface area contributed by atoms with Crippen LogP contribution in [0.3, 0.4) is 0 Å². The number of hydrogen-bond donors (Lipinski definition) is 0. The van der Waals surface area contributed by atoms with Crippen molar-refractivity contribution in [2.45, 2.75) is 26.7 Å². The molecule has 0 saturated heterocycles. The fraction of sp³-hybridized carbons (Fsp3) is 0.278. The van der Waals surface area contributed by atoms with Gasteiger partial charge in [-0.3, -0.25) is 0 Å². The van der Waals surface area contributed by atoms with E-state index in [1.807, 2.05) is 0 Å². The Bertz CT molecular complexity index is 724. The summed E-state index contributed by atoms with van der Waals surface area (Å²) in [7, 11) is 0. The average molecular weight is 432 g/mol. The van der Waals surface area contributed by atoms with Crippen molar-refractivity contribution in [3.05, 3.63) is 56.0 Å². The third kappa shape index (κ3) is 4.88. The average Bonchev–Trinajstić information content (AvgIpc) is 2.54. The van der Waals surface area contributed by atoms with E-state index in [9.17, 15) is 4.79 Å². The Morgan fingerprint density at radius 2 is 1.83 bits per heavy atom. The van der Waals surface area contributed by atoms with Gasteiger partial charge >= 0.3 is 5.97 Å². The number of rotatable bonds is 6. The molecule has 0 atom stereocenters. The van der Waals surface area contributed by atoms with Crippen molar-refractivity contribution in [1.29, 1.82) is 0 Å². The van der Waals surface area contributed by atoms with E-state index in [4.69, 9.17) is 32.7 Å². The second-order valence-electron chi connectivity index (χ2n) is 5.25. The molecule has 0 aromatic heterocycles. The molecule has 2 rings (SSSR count). The highest BCUT2D eigenvalue weighted by Gasteiger charge is 2.13. The second-order valence-corrected chi connectivity index (χ2v) is 6.92. The number of unbranched alkanes of at least 4 members (excludes halogenated alkanes) is 1. The Kier molecular flexibility index (Phi) is 6.96. The van der Waals surface area contributed by atoms with Gasteiger partial charge in [-0.2, -0.15) is 0 Å². The van der Waals surface area contributed by atoms with E-state index in [1.54, 1.807) is 37.3 Å². The van der Waals surface area contributed by atoms with Gasteiger partial charge in [-0.25, -0.2) is 4.79 Å². The molecule has 0 heterocycles. The normalized spacial score (nSPS) is 10.5. The molecule has 0 N–H and O–H groups in total. The first-order valence-corrected chi connectivity index (χ1v) is 9.07. The van der Waals surface area contributed by atoms with Gasteiger partial charge in [-0.1, -0.05) is 36.5 Å². The van der Waals surface area contributed by atoms with Gasteiger partial charge in [0.25, 0.3) is 0 Å². The number of ether oxygens (including phenoxy) is 2. The standard InChI is InChI=1S/C18H17BrCl2O3/c1-3-4-7-23-17-6-5-12(8-14(17)19)18(22)24-13-9-15(20)11(2)16(21)10-13/h5-6,8-10H,3-4,7H2,1-2H3. The van der Waals surface area contributed by atoms with Crippen LogP contribution < -0.4 is 9.47 Å². The van der Waals surface area contributed by atoms with Crippen molar-refractivity contribution in [1.82, 2.24) is 0 Å². The zero-order valence-corrected chi connectivity index (χ0v) is 16.5. The third-order valence-corrected chi connectivity index (χ3v) is 4.79. The number of carbonyl (C=O) groups is 1. The lowest BCUT2D eigenvalue weighted by Gasteiger charge is -2.10. The maximum absolute atomic E-state index is 12.3. The van der Waals surface area contributed by atoms with Crippen LogP contribution in [-0.2, 0) is 0 Å². The molecule has 0 spiro atoms. The van der Waals surface area contributed by atoms with Crippen molar-refractivity contribution in [2.75, 3.05) is 6.61 Å². The van der Waals surface area contributed by atoms with E-state index in [2.05, 4.69) is 22.9 Å². The van der Waals surface area contributed by atoms with Crippen LogP contribution in [-0.4, -0.2) is 12.6 Å². The minimum Gasteiger partial charge on any atom is -0.492 e. The lowest BCUT2D eigenvalue weighted by molar-refractivity contribution is 0.0734. The quantitative estimate of drug-likeness (QED) is 0.299. The van der Waals surface area contributed by atoms with Crippen LogP contribution in [0.15, 0.2) is 34.8 Å². The minimum absolute atomic E-state index is 0.306. The fourth-order valence-electron chi connectivity index (χ4n) is 1.92. The lowest BCUT2D eigenvalue weighted by atomic mass is 10.2. The molecule has 0 radical (unpaired) electrons. The van der Waals surface area contributed by atoms with Gasteiger partial charge in [0.1, 0.15) is 11.5 Å². The Balaban J connectivity index is 2.11. The Labute approximate surface area is 160 Å². The Morgan fingerprint density at radius 1 is 1.17 bits per heavy atom. The van der Waals surface area contributed by atoms with E-state index < -0.39 is 5.97 Å². The van der Waals surface area contributed by atoms with E-state index in [0.717, 1.165) is 18.4 Å². The summed E-state index contributed by atoms with van der Waals surface area (Å²) in [6, 6.07) is 8.20. The van der Waals surface area contributed by atoms with Crippen molar-refractivity contribution in [3.63, 3.8) is 0 Å². The van der Waals surface area contributed by atoms with Crippen LogP contribution in [0.25, 0.3) is 0 Å². The molecule has 128 valence electrons. The van der Waals surface area contributed by atoms with E-state index in [0.29, 0.717) is 38.2 Å². The minimum atomic E-state index is -0.494. The summed E-state index contributed by atoms with van der Waals surface area (Å²) in [6.07, 6.45) is 2.04. The first-order valence-electron chi connectivity index (χ1n) is 7.52. The van der Waals surface area contributed by atoms with Crippen molar-refractivity contribution in [3.8, 4) is 11.5 Å². The topological polar surface area (TPSA) is 35.5 Å². The lowest BCUT2D eigenvalue weighted by Crippen LogP contribution is -2.09. The van der Waals surface area contributed by atoms with E-state index in [1.165, 1.54) is 0 Å². The zero-order valence-electron chi connectivity index (χ0n) is 13.4. The largest absolute Gasteiger partial charge is 0.492 e. The summed E-state index contributed by atoms with van der Waals surface area (Å²) in [4.78, 5) is 12.3. The number of benzene rings is 2. The number of halogens is 3. The molecular formula is C18H17BrCl2O3. The van der Waals surface area contributed by atoms with Crippen LogP contribution in [0, 0.1) is 6.92 Å². The van der Waals surface area contributed by atoms with Crippen LogP contribution in [0.2, 0.25) is 10.0 Å². The first-order chi connectivity index (χ1) is 11.4. The molecular weight excluding hydrogens is 415 g/mol. The molecule has 6 heteroatoms. The Morgan fingerprint density at radius 3 is 2.42 bits per heavy atom. The maximum atomic E-state index is 12.3. The highest BCUT2D eigenvalue weighted by atomic mass is 79.9. The maximum Gasteiger partial charge on any atom is 0.343 e. The van der Waals surface area contributed by atoms with Gasteiger partial charge in [-0.15, -0.1) is 0 Å². The second kappa shape index (κ2) is 8.75. The molecule has 0 aliphatic heterocycles. The molecule has 2 aromatic rings. The summed E-state index contributed by atoms with van der Waals surface area (Å²) in [5.74, 6) is 0.508. The molecule has 2 aromatic carbocycles. The monoisotopic (exact) mass is 430 g/mol. The van der Waals surface area contributed by atoms with E-state index >= 15 is 0 Å². The predicted molar refractivity (Wildman–Crippen MR) is 101 cm³/mol. The number of esters is 1. The van der Waals surface area contributed by atoms with Crippen molar-refractivity contribution < 1.29 is 14.3 Å². The molecule has 0 aliphatic carbocycles. The smallest absolute Gasteiger partial charge is 0.343 e. The summed E-state index contributed by atoms with van der Waals surface area (Å²) >= 11 is 15.5. The highest BCUT2D eigenvalue weighted by molar-refractivity contribution is 9.10. The Hall–Kier alpha value is -1.23. The van der Waals surface area contributed by atoms with Crippen molar-refractivity contribution >= 4 is 45.1 Å². The van der Waals surface area contributed by atoms with Crippen molar-refractivity contribution in [2.24, 2.45) is 0 Å². The third-order valence-electron chi connectivity index (χ3n) is 3.39. The predicted octanol–water partition coefficient (Wildman–Crippen LogP) is 6.46. The highest BCUT2D eigenvalue weighted by Crippen LogP contribution is 2.31. The van der Waals surface area contributed by atoms with Gasteiger partial charge in [0.05, 0.1) is 16.6 Å². The van der Waals surface area contributed by atoms with Gasteiger partial charge < -0.3 is 9.47 Å². The summed E-state index contributed by atoms with van der Waals surface area (Å²) in [5.41, 5.74) is 1.15. The molecule has 0 amide bonds. The molecule has 0 unspecified atom stereocenters. The van der Waals surface area contributed by atoms with Gasteiger partial charge in [0, 0.05) is 10.0 Å². The van der Waals surface area contributed by atoms with Crippen LogP contribution in [0.1, 0.15) is 35.7 Å². The zero-order chi connectivity index (χ0) is 17.7. The first kappa shape index (κ1) is 19.1. The summed E-state index contributed by atoms with van der Waals surface area (Å²) < 4.78 is 11.7. The fourth-order valence-corrected chi connectivity index (χ4v) is 2.88. The van der Waals surface area contributed by atoms with Crippen LogP contribution in [0.5, 0.6) is 11.5 Å². The van der Waals surface area contributed by atoms with Crippen LogP contribution in [0.4, 0.5) is 0 Å². The molecule has 0 aliphatic rings. The molecule has 0 saturated carbocycles. The van der Waals surface area contributed by atoms with Gasteiger partial charge in [-0.05, 0) is 65.2 Å². The van der Waals surface area contributed by atoms with Gasteiger partial charge in [0.2, 0.25) is 0 Å². The summed E-state index contributed by atoms with van der Waals surface area (Å²) in [6.45, 7) is 4.53. The molecule has 24 heavy (non-hydrogen) atoms. The van der Waals surface area contributed by atoms with Gasteiger partial charge in [0.15, 0.2) is 0 Å². The molecule has 0 fully saturated rings. The number of carbonyl (C=O) groups excluding carboxylic acids is 1. The number of hydrogen-bond acceptors (Lipinski definition) is 3.